The van der Waals surface area contributed by atoms with E-state index in [0.717, 1.165) is 24.9 Å². The molecule has 1 fully saturated rings. The SMILES string of the molecule is COc1cc(OCc2ccccc2F)ccc1CNC(=O)[C@@H]1CCCN1. The normalized spacial score (nSPS) is 16.3. The molecule has 6 heteroatoms. The molecule has 138 valence electrons. The molecule has 0 radical (unpaired) electrons. The van der Waals surface area contributed by atoms with E-state index < -0.39 is 0 Å². The summed E-state index contributed by atoms with van der Waals surface area (Å²) in [6.07, 6.45) is 1.89. The van der Waals surface area contributed by atoms with Crippen LogP contribution in [0.1, 0.15) is 24.0 Å². The van der Waals surface area contributed by atoms with Crippen molar-refractivity contribution in [2.75, 3.05) is 13.7 Å². The van der Waals surface area contributed by atoms with Gasteiger partial charge in [0.15, 0.2) is 0 Å². The van der Waals surface area contributed by atoms with Crippen LogP contribution in [0, 0.1) is 5.82 Å². The molecule has 26 heavy (non-hydrogen) atoms. The summed E-state index contributed by atoms with van der Waals surface area (Å²) in [5.74, 6) is 0.914. The number of hydrogen-bond donors (Lipinski definition) is 2. The Labute approximate surface area is 152 Å². The number of ether oxygens (including phenoxy) is 2. The summed E-state index contributed by atoms with van der Waals surface area (Å²) in [7, 11) is 1.57. The van der Waals surface area contributed by atoms with Gasteiger partial charge in [-0.2, -0.15) is 0 Å². The third kappa shape index (κ3) is 4.52. The van der Waals surface area contributed by atoms with Crippen LogP contribution in [0.25, 0.3) is 0 Å². The van der Waals surface area contributed by atoms with Crippen molar-refractivity contribution in [3.8, 4) is 11.5 Å². The van der Waals surface area contributed by atoms with Gasteiger partial charge in [-0.1, -0.05) is 18.2 Å². The van der Waals surface area contributed by atoms with Crippen LogP contribution in [-0.4, -0.2) is 25.6 Å². The van der Waals surface area contributed by atoms with Crippen molar-refractivity contribution in [2.24, 2.45) is 0 Å². The number of rotatable bonds is 7. The highest BCUT2D eigenvalue weighted by Gasteiger charge is 2.21. The van der Waals surface area contributed by atoms with Gasteiger partial charge in [0.2, 0.25) is 5.91 Å². The minimum absolute atomic E-state index is 0.00410. The Morgan fingerprint density at radius 3 is 2.85 bits per heavy atom. The Hall–Kier alpha value is -2.60. The number of hydrogen-bond acceptors (Lipinski definition) is 4. The molecule has 0 spiro atoms. The molecule has 2 aromatic carbocycles. The predicted molar refractivity (Wildman–Crippen MR) is 96.6 cm³/mol. The van der Waals surface area contributed by atoms with E-state index in [0.29, 0.717) is 23.6 Å². The highest BCUT2D eigenvalue weighted by atomic mass is 19.1. The van der Waals surface area contributed by atoms with Gasteiger partial charge in [0, 0.05) is 23.7 Å². The van der Waals surface area contributed by atoms with Crippen LogP contribution in [0.3, 0.4) is 0 Å². The molecule has 0 unspecified atom stereocenters. The molecule has 2 aromatic rings. The summed E-state index contributed by atoms with van der Waals surface area (Å²) in [5.41, 5.74) is 1.35. The number of methoxy groups -OCH3 is 1. The molecule has 0 aromatic heterocycles. The van der Waals surface area contributed by atoms with Gasteiger partial charge in [0.05, 0.1) is 13.2 Å². The van der Waals surface area contributed by atoms with E-state index in [1.54, 1.807) is 37.4 Å². The molecule has 3 rings (SSSR count). The molecule has 1 saturated heterocycles. The van der Waals surface area contributed by atoms with Crippen molar-refractivity contribution in [3.63, 3.8) is 0 Å². The molecule has 0 saturated carbocycles. The van der Waals surface area contributed by atoms with E-state index in [4.69, 9.17) is 9.47 Å². The van der Waals surface area contributed by atoms with E-state index in [1.165, 1.54) is 6.07 Å². The number of halogens is 1. The lowest BCUT2D eigenvalue weighted by molar-refractivity contribution is -0.122. The third-order valence-electron chi connectivity index (χ3n) is 4.44. The van der Waals surface area contributed by atoms with Crippen LogP contribution in [0.4, 0.5) is 4.39 Å². The lowest BCUT2D eigenvalue weighted by atomic mass is 10.1. The van der Waals surface area contributed by atoms with Crippen molar-refractivity contribution in [1.29, 1.82) is 0 Å². The fourth-order valence-corrected chi connectivity index (χ4v) is 2.95. The minimum Gasteiger partial charge on any atom is -0.496 e. The third-order valence-corrected chi connectivity index (χ3v) is 4.44. The van der Waals surface area contributed by atoms with Crippen molar-refractivity contribution in [3.05, 3.63) is 59.4 Å². The molecule has 1 aliphatic rings. The van der Waals surface area contributed by atoms with E-state index in [-0.39, 0.29) is 24.4 Å². The highest BCUT2D eigenvalue weighted by Crippen LogP contribution is 2.25. The van der Waals surface area contributed by atoms with Crippen molar-refractivity contribution in [1.82, 2.24) is 10.6 Å². The quantitative estimate of drug-likeness (QED) is 0.799. The summed E-state index contributed by atoms with van der Waals surface area (Å²) < 4.78 is 24.7. The van der Waals surface area contributed by atoms with Gasteiger partial charge in [0.1, 0.15) is 23.9 Å². The van der Waals surface area contributed by atoms with Crippen LogP contribution >= 0.6 is 0 Å². The lowest BCUT2D eigenvalue weighted by Gasteiger charge is -2.14. The second-order valence-electron chi connectivity index (χ2n) is 6.22. The maximum Gasteiger partial charge on any atom is 0.237 e. The molecule has 5 nitrogen and oxygen atoms in total. The second-order valence-corrected chi connectivity index (χ2v) is 6.22. The van der Waals surface area contributed by atoms with Gasteiger partial charge in [-0.3, -0.25) is 4.79 Å². The smallest absolute Gasteiger partial charge is 0.237 e. The van der Waals surface area contributed by atoms with Crippen LogP contribution < -0.4 is 20.1 Å². The van der Waals surface area contributed by atoms with Crippen LogP contribution in [0.5, 0.6) is 11.5 Å². The lowest BCUT2D eigenvalue weighted by Crippen LogP contribution is -2.40. The Balaban J connectivity index is 1.60. The van der Waals surface area contributed by atoms with Gasteiger partial charge in [-0.05, 0) is 37.6 Å². The first-order chi connectivity index (χ1) is 12.7. The van der Waals surface area contributed by atoms with Crippen LogP contribution in [0.2, 0.25) is 0 Å². The zero-order chi connectivity index (χ0) is 18.4. The van der Waals surface area contributed by atoms with E-state index >= 15 is 0 Å². The molecule has 0 bridgehead atoms. The van der Waals surface area contributed by atoms with Crippen molar-refractivity contribution < 1.29 is 18.7 Å². The summed E-state index contributed by atoms with van der Waals surface area (Å²) >= 11 is 0. The first-order valence-electron chi connectivity index (χ1n) is 8.71. The molecule has 1 aliphatic heterocycles. The summed E-state index contributed by atoms with van der Waals surface area (Å²) in [4.78, 5) is 12.1. The van der Waals surface area contributed by atoms with Gasteiger partial charge in [0.25, 0.3) is 0 Å². The predicted octanol–water partition coefficient (Wildman–Crippen LogP) is 2.78. The molecular weight excluding hydrogens is 335 g/mol. The monoisotopic (exact) mass is 358 g/mol. The summed E-state index contributed by atoms with van der Waals surface area (Å²) in [5, 5.41) is 6.10. The Bertz CT molecular complexity index is 760. The molecular formula is C20H23FN2O3. The summed E-state index contributed by atoms with van der Waals surface area (Å²) in [6, 6.07) is 11.8. The van der Waals surface area contributed by atoms with E-state index in [9.17, 15) is 9.18 Å². The molecule has 1 amide bonds. The van der Waals surface area contributed by atoms with E-state index in [1.807, 2.05) is 6.07 Å². The number of carbonyl (C=O) groups is 1. The summed E-state index contributed by atoms with van der Waals surface area (Å²) in [6.45, 7) is 1.41. The highest BCUT2D eigenvalue weighted by molar-refractivity contribution is 5.82. The Kier molecular flexibility index (Phi) is 6.07. The van der Waals surface area contributed by atoms with Crippen LogP contribution in [-0.2, 0) is 17.9 Å². The standard InChI is InChI=1S/C20H23FN2O3/c1-25-19-11-16(26-13-15-5-2-3-6-17(15)21)9-8-14(19)12-23-20(24)18-7-4-10-22-18/h2-3,5-6,8-9,11,18,22H,4,7,10,12-13H2,1H3,(H,23,24)/t18-/m0/s1. The number of nitrogens with one attached hydrogen (secondary N) is 2. The van der Waals surface area contributed by atoms with Gasteiger partial charge < -0.3 is 20.1 Å². The fraction of sp³-hybridized carbons (Fsp3) is 0.350. The second kappa shape index (κ2) is 8.67. The molecule has 0 aliphatic carbocycles. The maximum atomic E-state index is 13.7. The van der Waals surface area contributed by atoms with E-state index in [2.05, 4.69) is 10.6 Å². The minimum atomic E-state index is -0.292. The fourth-order valence-electron chi connectivity index (χ4n) is 2.95. The first-order valence-corrected chi connectivity index (χ1v) is 8.71. The van der Waals surface area contributed by atoms with Crippen molar-refractivity contribution >= 4 is 5.91 Å². The van der Waals surface area contributed by atoms with Gasteiger partial charge >= 0.3 is 0 Å². The average Bonchev–Trinajstić information content (AvgIpc) is 3.20. The number of amides is 1. The van der Waals surface area contributed by atoms with Gasteiger partial charge in [-0.15, -0.1) is 0 Å². The molecule has 1 heterocycles. The van der Waals surface area contributed by atoms with Crippen molar-refractivity contribution in [2.45, 2.75) is 32.0 Å². The average molecular weight is 358 g/mol. The largest absolute Gasteiger partial charge is 0.496 e. The van der Waals surface area contributed by atoms with Crippen LogP contribution in [0.15, 0.2) is 42.5 Å². The molecule has 2 N–H and O–H groups in total. The Morgan fingerprint density at radius 1 is 1.27 bits per heavy atom. The molecule has 1 atom stereocenters. The first kappa shape index (κ1) is 18.2. The topological polar surface area (TPSA) is 59.6 Å². The number of benzene rings is 2. The zero-order valence-corrected chi connectivity index (χ0v) is 14.8. The number of carbonyl (C=O) groups excluding carboxylic acids is 1. The Morgan fingerprint density at radius 2 is 2.12 bits per heavy atom. The zero-order valence-electron chi connectivity index (χ0n) is 14.8. The maximum absolute atomic E-state index is 13.7. The van der Waals surface area contributed by atoms with Gasteiger partial charge in [-0.25, -0.2) is 4.39 Å².